The van der Waals surface area contributed by atoms with Crippen LogP contribution in [0.15, 0.2) is 53.6 Å². The van der Waals surface area contributed by atoms with E-state index in [9.17, 15) is 24.0 Å². The predicted molar refractivity (Wildman–Crippen MR) is 126 cm³/mol. The summed E-state index contributed by atoms with van der Waals surface area (Å²) < 4.78 is 0. The lowest BCUT2D eigenvalue weighted by molar-refractivity contribution is -0.131. The molecule has 0 aliphatic carbocycles. The molecule has 0 saturated carbocycles. The first-order chi connectivity index (χ1) is 16.0. The van der Waals surface area contributed by atoms with Crippen LogP contribution in [-0.2, 0) is 14.4 Å². The average molecular weight is 463 g/mol. The number of carbonyl (C=O) groups is 5. The van der Waals surface area contributed by atoms with Crippen LogP contribution in [0.3, 0.4) is 0 Å². The second-order valence-corrected chi connectivity index (χ2v) is 8.78. The number of nitrogens with one attached hydrogen (secondary N) is 3. The van der Waals surface area contributed by atoms with Gasteiger partial charge in [0, 0.05) is 22.9 Å². The molecule has 1 saturated heterocycles. The molecule has 3 N–H and O–H groups in total. The number of rotatable bonds is 5. The highest BCUT2D eigenvalue weighted by atomic mass is 16.2. The smallest absolute Gasteiger partial charge is 0.326 e. The van der Waals surface area contributed by atoms with E-state index in [1.807, 2.05) is 6.92 Å². The third-order valence-electron chi connectivity index (χ3n) is 4.97. The SMILES string of the molecule is Cc1ccc(N2C(=O)NC(=O)[C@H](/C=N\NC(=O)c3ccc(NC(=O)C(C)(C)C)cc3)C2=O)cc1. The maximum Gasteiger partial charge on any atom is 0.335 e. The van der Waals surface area contributed by atoms with Gasteiger partial charge in [-0.2, -0.15) is 5.10 Å². The van der Waals surface area contributed by atoms with Gasteiger partial charge < -0.3 is 5.32 Å². The molecule has 6 amide bonds. The fraction of sp³-hybridized carbons (Fsp3) is 0.250. The van der Waals surface area contributed by atoms with Crippen LogP contribution in [0.5, 0.6) is 0 Å². The minimum Gasteiger partial charge on any atom is -0.326 e. The highest BCUT2D eigenvalue weighted by Crippen LogP contribution is 2.21. The minimum atomic E-state index is -1.39. The van der Waals surface area contributed by atoms with Crippen LogP contribution < -0.4 is 21.0 Å². The topological polar surface area (TPSA) is 137 Å². The number of nitrogens with zero attached hydrogens (tertiary/aromatic N) is 2. The maximum atomic E-state index is 12.8. The van der Waals surface area contributed by atoms with Crippen LogP contribution in [0.25, 0.3) is 0 Å². The molecule has 3 rings (SSSR count). The third kappa shape index (κ3) is 5.52. The lowest BCUT2D eigenvalue weighted by Gasteiger charge is -2.28. The molecule has 1 atom stereocenters. The number of benzene rings is 2. The lowest BCUT2D eigenvalue weighted by Crippen LogP contribution is -2.58. The number of barbiturate groups is 1. The summed E-state index contributed by atoms with van der Waals surface area (Å²) in [4.78, 5) is 62.4. The van der Waals surface area contributed by atoms with E-state index < -0.39 is 35.1 Å². The Labute approximate surface area is 196 Å². The van der Waals surface area contributed by atoms with E-state index in [4.69, 9.17) is 0 Å². The van der Waals surface area contributed by atoms with Crippen molar-refractivity contribution in [3.63, 3.8) is 0 Å². The Kier molecular flexibility index (Phi) is 6.90. The van der Waals surface area contributed by atoms with Crippen molar-refractivity contribution < 1.29 is 24.0 Å². The molecule has 176 valence electrons. The molecule has 1 heterocycles. The van der Waals surface area contributed by atoms with Gasteiger partial charge in [0.2, 0.25) is 11.8 Å². The number of aryl methyl sites for hydroxylation is 1. The van der Waals surface area contributed by atoms with Gasteiger partial charge >= 0.3 is 6.03 Å². The Morgan fingerprint density at radius 2 is 1.62 bits per heavy atom. The van der Waals surface area contributed by atoms with E-state index in [2.05, 4.69) is 21.2 Å². The summed E-state index contributed by atoms with van der Waals surface area (Å²) in [5.41, 5.74) is 3.72. The van der Waals surface area contributed by atoms with Crippen molar-refractivity contribution in [2.45, 2.75) is 27.7 Å². The monoisotopic (exact) mass is 463 g/mol. The fourth-order valence-electron chi connectivity index (χ4n) is 2.92. The van der Waals surface area contributed by atoms with Gasteiger partial charge in [-0.15, -0.1) is 0 Å². The molecule has 1 aliphatic heterocycles. The summed E-state index contributed by atoms with van der Waals surface area (Å²) in [6, 6.07) is 11.9. The largest absolute Gasteiger partial charge is 0.335 e. The Morgan fingerprint density at radius 1 is 1.00 bits per heavy atom. The summed E-state index contributed by atoms with van der Waals surface area (Å²) in [7, 11) is 0. The molecule has 10 heteroatoms. The van der Waals surface area contributed by atoms with Crippen molar-refractivity contribution >= 4 is 47.2 Å². The van der Waals surface area contributed by atoms with Gasteiger partial charge in [-0.05, 0) is 43.3 Å². The van der Waals surface area contributed by atoms with Crippen molar-refractivity contribution in [3.8, 4) is 0 Å². The second-order valence-electron chi connectivity index (χ2n) is 8.78. The zero-order chi connectivity index (χ0) is 25.0. The first-order valence-electron chi connectivity index (χ1n) is 10.5. The van der Waals surface area contributed by atoms with Crippen LogP contribution in [0.2, 0.25) is 0 Å². The Hall–Kier alpha value is -4.34. The molecule has 0 unspecified atom stereocenters. The summed E-state index contributed by atoms with van der Waals surface area (Å²) >= 11 is 0. The molecule has 0 bridgehead atoms. The summed E-state index contributed by atoms with van der Waals surface area (Å²) in [6.45, 7) is 7.22. The molecule has 10 nitrogen and oxygen atoms in total. The molecule has 2 aromatic carbocycles. The molecule has 0 aromatic heterocycles. The average Bonchev–Trinajstić information content (AvgIpc) is 2.77. The van der Waals surface area contributed by atoms with E-state index in [0.717, 1.165) is 16.7 Å². The molecule has 34 heavy (non-hydrogen) atoms. The lowest BCUT2D eigenvalue weighted by atomic mass is 9.95. The molecular formula is C24H25N5O5. The Balaban J connectivity index is 1.65. The van der Waals surface area contributed by atoms with Gasteiger partial charge in [0.15, 0.2) is 5.92 Å². The van der Waals surface area contributed by atoms with Crippen LogP contribution >= 0.6 is 0 Å². The van der Waals surface area contributed by atoms with Crippen molar-refractivity contribution in [1.82, 2.24) is 10.7 Å². The predicted octanol–water partition coefficient (Wildman–Crippen LogP) is 2.59. The van der Waals surface area contributed by atoms with E-state index in [-0.39, 0.29) is 11.5 Å². The minimum absolute atomic E-state index is 0.164. The molecule has 1 aliphatic rings. The van der Waals surface area contributed by atoms with Gasteiger partial charge in [-0.25, -0.2) is 15.1 Å². The Morgan fingerprint density at radius 3 is 2.21 bits per heavy atom. The van der Waals surface area contributed by atoms with Crippen molar-refractivity contribution in [1.29, 1.82) is 0 Å². The van der Waals surface area contributed by atoms with Crippen LogP contribution in [0, 0.1) is 18.3 Å². The summed E-state index contributed by atoms with van der Waals surface area (Å²) in [5, 5.41) is 8.60. The fourth-order valence-corrected chi connectivity index (χ4v) is 2.92. The number of hydrogen-bond donors (Lipinski definition) is 3. The Bertz CT molecular complexity index is 1160. The van der Waals surface area contributed by atoms with Gasteiger partial charge in [-0.3, -0.25) is 24.5 Å². The van der Waals surface area contributed by atoms with Crippen LogP contribution in [0.1, 0.15) is 36.7 Å². The zero-order valence-electron chi connectivity index (χ0n) is 19.2. The number of anilines is 2. The van der Waals surface area contributed by atoms with E-state index in [1.165, 1.54) is 12.1 Å². The van der Waals surface area contributed by atoms with Gasteiger partial charge in [0.25, 0.3) is 11.8 Å². The number of urea groups is 1. The number of imide groups is 2. The van der Waals surface area contributed by atoms with E-state index >= 15 is 0 Å². The molecular weight excluding hydrogens is 438 g/mol. The number of hydrazone groups is 1. The third-order valence-corrected chi connectivity index (χ3v) is 4.97. The van der Waals surface area contributed by atoms with Crippen LogP contribution in [-0.4, -0.2) is 35.9 Å². The molecule has 2 aromatic rings. The van der Waals surface area contributed by atoms with Crippen LogP contribution in [0.4, 0.5) is 16.2 Å². The summed E-state index contributed by atoms with van der Waals surface area (Å²) in [5.74, 6) is -3.76. The van der Waals surface area contributed by atoms with E-state index in [0.29, 0.717) is 11.4 Å². The van der Waals surface area contributed by atoms with Crippen molar-refractivity contribution in [3.05, 3.63) is 59.7 Å². The standard InChI is InChI=1S/C24H25N5O5/c1-14-5-11-17(12-6-14)29-21(32)18(20(31)27-23(29)34)13-25-28-19(30)15-7-9-16(10-8-15)26-22(33)24(2,3)4/h5-13,18H,1-4H3,(H,26,33)(H,28,30)(H,27,31,34)/b25-13-/t18-/m0/s1. The van der Waals surface area contributed by atoms with Crippen molar-refractivity contribution in [2.24, 2.45) is 16.4 Å². The zero-order valence-corrected chi connectivity index (χ0v) is 19.2. The van der Waals surface area contributed by atoms with Gasteiger partial charge in [-0.1, -0.05) is 38.5 Å². The first kappa shape index (κ1) is 24.3. The second kappa shape index (κ2) is 9.65. The quantitative estimate of drug-likeness (QED) is 0.356. The highest BCUT2D eigenvalue weighted by Gasteiger charge is 2.40. The molecule has 0 radical (unpaired) electrons. The molecule has 1 fully saturated rings. The van der Waals surface area contributed by atoms with Crippen molar-refractivity contribution in [2.75, 3.05) is 10.2 Å². The summed E-state index contributed by atoms with van der Waals surface area (Å²) in [6.07, 6.45) is 0.973. The highest BCUT2D eigenvalue weighted by molar-refractivity contribution is 6.32. The van der Waals surface area contributed by atoms with Gasteiger partial charge in [0.05, 0.1) is 5.69 Å². The number of amides is 6. The normalized spacial score (nSPS) is 16.4. The van der Waals surface area contributed by atoms with Gasteiger partial charge in [0.1, 0.15) is 0 Å². The van der Waals surface area contributed by atoms with E-state index in [1.54, 1.807) is 57.2 Å². The number of carbonyl (C=O) groups excluding carboxylic acids is 5. The first-order valence-corrected chi connectivity index (χ1v) is 10.5. The molecule has 0 spiro atoms. The number of hydrogen-bond acceptors (Lipinski definition) is 6. The maximum absolute atomic E-state index is 12.8.